The molecule has 0 saturated heterocycles. The zero-order valence-electron chi connectivity index (χ0n) is 23.6. The Hall–Kier alpha value is -5.30. The van der Waals surface area contributed by atoms with Gasteiger partial charge in [0.2, 0.25) is 5.84 Å². The molecule has 1 aliphatic heterocycles. The summed E-state index contributed by atoms with van der Waals surface area (Å²) in [6, 6.07) is 23.1. The average molecular weight is 608 g/mol. The number of hydrogen-bond donors (Lipinski definition) is 3. The fourth-order valence-electron chi connectivity index (χ4n) is 4.45. The molecule has 0 fully saturated rings. The number of carboxylic acids is 2. The van der Waals surface area contributed by atoms with Gasteiger partial charge in [0, 0.05) is 24.4 Å². The number of aryl methyl sites for hydroxylation is 2. The molecule has 4 N–H and O–H groups in total. The Labute approximate surface area is 249 Å². The third kappa shape index (κ3) is 7.95. The van der Waals surface area contributed by atoms with Gasteiger partial charge >= 0.3 is 17.8 Å². The molecular formula is C31H28F3N5O5. The molecule has 0 saturated carbocycles. The number of aliphatic imine (C=N–C) groups is 1. The maximum atomic E-state index is 13.0. The quantitative estimate of drug-likeness (QED) is 0.260. The Bertz CT molecular complexity index is 1750. The first-order valence-electron chi connectivity index (χ1n) is 13.3. The number of carbonyl (C=O) groups is 2. The second kappa shape index (κ2) is 13.3. The molecule has 0 amide bonds. The summed E-state index contributed by atoms with van der Waals surface area (Å²) in [6.45, 7) is 4.31. The van der Waals surface area contributed by atoms with Crippen LogP contribution in [0.3, 0.4) is 0 Å². The van der Waals surface area contributed by atoms with Crippen molar-refractivity contribution in [3.8, 4) is 0 Å². The number of aliphatic carboxylic acids is 2. The average Bonchev–Trinajstić information content (AvgIpc) is 3.41. The van der Waals surface area contributed by atoms with E-state index >= 15 is 0 Å². The van der Waals surface area contributed by atoms with Gasteiger partial charge in [0.05, 0.1) is 18.0 Å². The topological polar surface area (TPSA) is 153 Å². The van der Waals surface area contributed by atoms with Crippen LogP contribution < -0.4 is 21.4 Å². The van der Waals surface area contributed by atoms with Crippen molar-refractivity contribution in [2.75, 3.05) is 5.32 Å². The number of amidine groups is 1. The third-order valence-corrected chi connectivity index (χ3v) is 6.71. The first-order chi connectivity index (χ1) is 20.8. The van der Waals surface area contributed by atoms with Crippen LogP contribution in [-0.2, 0) is 16.1 Å². The van der Waals surface area contributed by atoms with Gasteiger partial charge in [-0.2, -0.15) is 23.1 Å². The maximum Gasteiger partial charge on any atom is 0.430 e. The van der Waals surface area contributed by atoms with Crippen molar-refractivity contribution in [1.29, 1.82) is 0 Å². The Balaban J connectivity index is 0.000000566. The number of carboxylic acid groups (broad SMARTS) is 2. The zero-order valence-corrected chi connectivity index (χ0v) is 23.6. The molecule has 228 valence electrons. The lowest BCUT2D eigenvalue weighted by atomic mass is 10.0. The number of anilines is 1. The number of fused-ring (bicyclic) bond motifs is 1. The van der Waals surface area contributed by atoms with Crippen molar-refractivity contribution < 1.29 is 38.3 Å². The minimum atomic E-state index is -5.19. The molecule has 0 aliphatic carbocycles. The van der Waals surface area contributed by atoms with E-state index in [1.165, 1.54) is 4.57 Å². The monoisotopic (exact) mass is 607 g/mol. The molecular weight excluding hydrogens is 579 g/mol. The molecule has 0 bridgehead atoms. The van der Waals surface area contributed by atoms with Gasteiger partial charge in [0.25, 0.3) is 0 Å². The first kappa shape index (κ1) is 31.6. The summed E-state index contributed by atoms with van der Waals surface area (Å²) >= 11 is 0. The number of quaternary nitrogens is 1. The van der Waals surface area contributed by atoms with Gasteiger partial charge in [-0.25, -0.2) is 4.79 Å². The van der Waals surface area contributed by atoms with Crippen LogP contribution >= 0.6 is 0 Å². The van der Waals surface area contributed by atoms with E-state index in [1.54, 1.807) is 6.20 Å². The summed E-state index contributed by atoms with van der Waals surface area (Å²) in [5, 5.41) is 23.6. The van der Waals surface area contributed by atoms with Crippen molar-refractivity contribution in [2.24, 2.45) is 4.99 Å². The van der Waals surface area contributed by atoms with Gasteiger partial charge < -0.3 is 20.3 Å². The molecule has 1 aromatic heterocycles. The normalized spacial score (nSPS) is 12.8. The van der Waals surface area contributed by atoms with E-state index in [0.717, 1.165) is 45.0 Å². The smallest absolute Gasteiger partial charge is 0.430 e. The number of alkyl halides is 3. The van der Waals surface area contributed by atoms with Crippen molar-refractivity contribution >= 4 is 35.0 Å². The number of rotatable bonds is 8. The Morgan fingerprint density at radius 2 is 1.66 bits per heavy atom. The van der Waals surface area contributed by atoms with Crippen LogP contribution in [0.2, 0.25) is 0 Å². The van der Waals surface area contributed by atoms with E-state index in [-0.39, 0.29) is 6.42 Å². The van der Waals surface area contributed by atoms with Crippen LogP contribution in [0.5, 0.6) is 0 Å². The van der Waals surface area contributed by atoms with Gasteiger partial charge in [-0.3, -0.25) is 14.7 Å². The van der Waals surface area contributed by atoms with E-state index in [0.29, 0.717) is 12.4 Å². The molecule has 0 spiro atoms. The third-order valence-electron chi connectivity index (χ3n) is 6.71. The van der Waals surface area contributed by atoms with Gasteiger partial charge in [-0.15, -0.1) is 0 Å². The highest BCUT2D eigenvalue weighted by Gasteiger charge is 2.29. The number of para-hydroxylation sites is 2. The second-order valence-electron chi connectivity index (χ2n) is 10.0. The van der Waals surface area contributed by atoms with E-state index < -0.39 is 29.8 Å². The van der Waals surface area contributed by atoms with Crippen molar-refractivity contribution in [2.45, 2.75) is 39.0 Å². The highest BCUT2D eigenvalue weighted by Crippen LogP contribution is 2.25. The van der Waals surface area contributed by atoms with Crippen LogP contribution in [0.1, 0.15) is 40.3 Å². The largest absolute Gasteiger partial charge is 0.542 e. The Kier molecular flexibility index (Phi) is 9.59. The second-order valence-corrected chi connectivity index (χ2v) is 10.0. The van der Waals surface area contributed by atoms with Crippen molar-refractivity contribution in [3.63, 3.8) is 0 Å². The number of aromatic nitrogens is 2. The van der Waals surface area contributed by atoms with Crippen molar-refractivity contribution in [1.82, 2.24) is 9.55 Å². The number of benzene rings is 3. The maximum absolute atomic E-state index is 13.0. The lowest BCUT2D eigenvalue weighted by Crippen LogP contribution is -2.80. The predicted molar refractivity (Wildman–Crippen MR) is 154 cm³/mol. The highest BCUT2D eigenvalue weighted by atomic mass is 19.4. The van der Waals surface area contributed by atoms with Crippen LogP contribution in [0, 0.1) is 13.8 Å². The fourth-order valence-corrected chi connectivity index (χ4v) is 4.45. The van der Waals surface area contributed by atoms with Crippen LogP contribution in [0.25, 0.3) is 0 Å². The summed E-state index contributed by atoms with van der Waals surface area (Å²) in [6.07, 6.45) is -3.73. The number of nitrogens with two attached hydrogens (primary N) is 1. The predicted octanol–water partition coefficient (Wildman–Crippen LogP) is 3.12. The van der Waals surface area contributed by atoms with Crippen LogP contribution in [0.15, 0.2) is 88.8 Å². The number of nitrogens with zero attached hydrogens (tertiary/aromatic N) is 3. The van der Waals surface area contributed by atoms with E-state index in [9.17, 15) is 27.9 Å². The summed E-state index contributed by atoms with van der Waals surface area (Å²) in [4.78, 5) is 42.2. The summed E-state index contributed by atoms with van der Waals surface area (Å²) < 4.78 is 33.0. The minimum Gasteiger partial charge on any atom is -0.542 e. The van der Waals surface area contributed by atoms with Crippen LogP contribution in [-0.4, -0.2) is 38.6 Å². The van der Waals surface area contributed by atoms with E-state index in [4.69, 9.17) is 14.9 Å². The minimum absolute atomic E-state index is 0.211. The molecule has 2 heterocycles. The highest BCUT2D eigenvalue weighted by molar-refractivity contribution is 5.97. The fraction of sp³-hybridized carbons (Fsp3) is 0.194. The van der Waals surface area contributed by atoms with Gasteiger partial charge in [0.1, 0.15) is 17.5 Å². The van der Waals surface area contributed by atoms with Crippen LogP contribution in [0.4, 0.5) is 30.4 Å². The number of nitrogens with one attached hydrogen (secondary N) is 1. The number of hydrogen-bond acceptors (Lipinski definition) is 7. The molecule has 1 aliphatic rings. The Morgan fingerprint density at radius 3 is 2.25 bits per heavy atom. The molecule has 10 nitrogen and oxygen atoms in total. The molecule has 13 heteroatoms. The van der Waals surface area contributed by atoms with Gasteiger partial charge in [0.15, 0.2) is 5.69 Å². The molecule has 0 radical (unpaired) electrons. The SMILES string of the molecule is Cc1ccc(C(CC(=O)O)n2cc(C)c(NCc3ccc(C4=Nc5ccccc5[NH2+]4)cc3)nc2=O)cc1.O=C([O-])C(F)(F)F. The number of halogens is 3. The Morgan fingerprint density at radius 1 is 1.02 bits per heavy atom. The molecule has 5 rings (SSSR count). The lowest BCUT2D eigenvalue weighted by Gasteiger charge is -2.20. The number of carbonyl (C=O) groups excluding carboxylic acids is 1. The summed E-state index contributed by atoms with van der Waals surface area (Å²) in [5.41, 5.74) is 6.25. The first-order valence-corrected chi connectivity index (χ1v) is 13.3. The lowest BCUT2D eigenvalue weighted by molar-refractivity contribution is -0.437. The molecule has 3 aromatic carbocycles. The molecule has 1 unspecified atom stereocenters. The van der Waals surface area contributed by atoms with Gasteiger partial charge in [-0.05, 0) is 43.2 Å². The van der Waals surface area contributed by atoms with Crippen molar-refractivity contribution in [3.05, 3.63) is 117 Å². The summed E-state index contributed by atoms with van der Waals surface area (Å²) in [7, 11) is 0. The summed E-state index contributed by atoms with van der Waals surface area (Å²) in [5.74, 6) is -2.57. The molecule has 44 heavy (non-hydrogen) atoms. The van der Waals surface area contributed by atoms with Gasteiger partial charge in [-0.1, -0.05) is 54.1 Å². The molecule has 1 atom stereocenters. The zero-order chi connectivity index (χ0) is 32.0. The standard InChI is InChI=1S/C29H27N5O3.C2HF3O2/c1-18-7-11-21(12-8-18)25(15-26(35)36)34-17-19(2)27(33-29(34)37)30-16-20-9-13-22(14-10-20)28-31-23-5-3-4-6-24(23)32-28;3-2(4,5)1(6)7/h3-14,17,25H,15-16H2,1-2H3,(H,31,32)(H,35,36)(H,30,33,37);(H,6,7). The van der Waals surface area contributed by atoms with E-state index in [2.05, 4.69) is 21.7 Å². The van der Waals surface area contributed by atoms with E-state index in [1.807, 2.05) is 80.6 Å². The molecule has 4 aromatic rings.